The van der Waals surface area contributed by atoms with Crippen molar-refractivity contribution >= 4 is 27.5 Å². The van der Waals surface area contributed by atoms with Gasteiger partial charge in [0.05, 0.1) is 4.47 Å². The number of hydrogen-bond acceptors (Lipinski definition) is 3. The molecule has 0 saturated carbocycles. The molecule has 0 aliphatic rings. The Morgan fingerprint density at radius 2 is 2.05 bits per heavy atom. The Morgan fingerprint density at radius 1 is 1.24 bits per heavy atom. The molecule has 0 heterocycles. The second-order valence-electron chi connectivity index (χ2n) is 4.58. The zero-order chi connectivity index (χ0) is 15.2. The van der Waals surface area contributed by atoms with Gasteiger partial charge in [-0.2, -0.15) is 0 Å². The number of benzene rings is 2. The molecule has 5 heteroatoms. The van der Waals surface area contributed by atoms with E-state index in [4.69, 9.17) is 0 Å². The zero-order valence-electron chi connectivity index (χ0n) is 11.7. The van der Waals surface area contributed by atoms with E-state index in [2.05, 4.69) is 26.6 Å². The van der Waals surface area contributed by atoms with Gasteiger partial charge in [0.15, 0.2) is 0 Å². The number of halogens is 1. The fourth-order valence-electron chi connectivity index (χ4n) is 1.90. The highest BCUT2D eigenvalue weighted by Crippen LogP contribution is 2.24. The Morgan fingerprint density at radius 3 is 2.76 bits per heavy atom. The van der Waals surface area contributed by atoms with Gasteiger partial charge in [0, 0.05) is 24.3 Å². The SMILES string of the molecule is CCNC(=O)c1cccc(NCc2ccc(O)c(Br)c2)c1. The smallest absolute Gasteiger partial charge is 0.251 e. The zero-order valence-corrected chi connectivity index (χ0v) is 13.3. The number of aromatic hydroxyl groups is 1. The van der Waals surface area contributed by atoms with Gasteiger partial charge < -0.3 is 15.7 Å². The number of amides is 1. The van der Waals surface area contributed by atoms with Crippen molar-refractivity contribution in [2.75, 3.05) is 11.9 Å². The van der Waals surface area contributed by atoms with Gasteiger partial charge >= 0.3 is 0 Å². The summed E-state index contributed by atoms with van der Waals surface area (Å²) >= 11 is 3.29. The molecule has 2 rings (SSSR count). The number of phenols is 1. The van der Waals surface area contributed by atoms with Crippen LogP contribution in [-0.2, 0) is 6.54 Å². The first kappa shape index (κ1) is 15.4. The van der Waals surface area contributed by atoms with Gasteiger partial charge in [-0.1, -0.05) is 12.1 Å². The summed E-state index contributed by atoms with van der Waals surface area (Å²) < 4.78 is 0.665. The predicted octanol–water partition coefficient (Wildman–Crippen LogP) is 3.52. The molecule has 0 fully saturated rings. The second kappa shape index (κ2) is 7.13. The molecule has 0 atom stereocenters. The Hall–Kier alpha value is -2.01. The van der Waals surface area contributed by atoms with Crippen LogP contribution in [-0.4, -0.2) is 17.6 Å². The van der Waals surface area contributed by atoms with E-state index in [-0.39, 0.29) is 11.7 Å². The fraction of sp³-hybridized carbons (Fsp3) is 0.188. The van der Waals surface area contributed by atoms with Crippen molar-refractivity contribution in [1.82, 2.24) is 5.32 Å². The third-order valence-electron chi connectivity index (χ3n) is 2.97. The first-order valence-corrected chi connectivity index (χ1v) is 7.49. The fourth-order valence-corrected chi connectivity index (χ4v) is 2.32. The number of nitrogens with one attached hydrogen (secondary N) is 2. The van der Waals surface area contributed by atoms with Gasteiger partial charge in [-0.05, 0) is 58.7 Å². The van der Waals surface area contributed by atoms with Crippen LogP contribution in [0.2, 0.25) is 0 Å². The molecule has 0 saturated heterocycles. The van der Waals surface area contributed by atoms with Crippen LogP contribution in [0.5, 0.6) is 5.75 Å². The molecule has 0 aromatic heterocycles. The number of phenolic OH excluding ortho intramolecular Hbond substituents is 1. The van der Waals surface area contributed by atoms with E-state index in [1.54, 1.807) is 12.1 Å². The van der Waals surface area contributed by atoms with Crippen molar-refractivity contribution in [1.29, 1.82) is 0 Å². The first-order chi connectivity index (χ1) is 10.1. The summed E-state index contributed by atoms with van der Waals surface area (Å²) in [4.78, 5) is 11.8. The summed E-state index contributed by atoms with van der Waals surface area (Å²) in [5.41, 5.74) is 2.54. The van der Waals surface area contributed by atoms with Crippen LogP contribution in [0.3, 0.4) is 0 Å². The molecule has 2 aromatic carbocycles. The highest BCUT2D eigenvalue weighted by molar-refractivity contribution is 9.10. The van der Waals surface area contributed by atoms with E-state index in [9.17, 15) is 9.90 Å². The molecule has 0 unspecified atom stereocenters. The molecule has 1 amide bonds. The largest absolute Gasteiger partial charge is 0.507 e. The molecule has 2 aromatic rings. The summed E-state index contributed by atoms with van der Waals surface area (Å²) in [6.07, 6.45) is 0. The van der Waals surface area contributed by atoms with Gasteiger partial charge in [-0.3, -0.25) is 4.79 Å². The van der Waals surface area contributed by atoms with Gasteiger partial charge in [-0.25, -0.2) is 0 Å². The van der Waals surface area contributed by atoms with Crippen LogP contribution in [0.1, 0.15) is 22.8 Å². The third-order valence-corrected chi connectivity index (χ3v) is 3.61. The summed E-state index contributed by atoms with van der Waals surface area (Å²) in [6.45, 7) is 3.11. The van der Waals surface area contributed by atoms with E-state index >= 15 is 0 Å². The van der Waals surface area contributed by atoms with E-state index < -0.39 is 0 Å². The third kappa shape index (κ3) is 4.23. The average molecular weight is 349 g/mol. The second-order valence-corrected chi connectivity index (χ2v) is 5.43. The van der Waals surface area contributed by atoms with Gasteiger partial charge in [0.25, 0.3) is 5.91 Å². The van der Waals surface area contributed by atoms with E-state index in [0.29, 0.717) is 23.1 Å². The number of carbonyl (C=O) groups excluding carboxylic acids is 1. The first-order valence-electron chi connectivity index (χ1n) is 6.69. The van der Waals surface area contributed by atoms with Crippen molar-refractivity contribution < 1.29 is 9.90 Å². The van der Waals surface area contributed by atoms with Crippen LogP contribution in [0.4, 0.5) is 5.69 Å². The lowest BCUT2D eigenvalue weighted by molar-refractivity contribution is 0.0956. The number of anilines is 1. The number of rotatable bonds is 5. The highest BCUT2D eigenvalue weighted by Gasteiger charge is 2.05. The molecule has 0 aliphatic heterocycles. The molecule has 21 heavy (non-hydrogen) atoms. The van der Waals surface area contributed by atoms with E-state index in [1.165, 1.54) is 0 Å². The van der Waals surface area contributed by atoms with Crippen molar-refractivity contribution in [2.24, 2.45) is 0 Å². The maximum atomic E-state index is 11.8. The maximum Gasteiger partial charge on any atom is 0.251 e. The quantitative estimate of drug-likeness (QED) is 0.774. The normalized spacial score (nSPS) is 10.2. The summed E-state index contributed by atoms with van der Waals surface area (Å²) in [5, 5.41) is 15.5. The topological polar surface area (TPSA) is 61.4 Å². The highest BCUT2D eigenvalue weighted by atomic mass is 79.9. The van der Waals surface area contributed by atoms with Crippen molar-refractivity contribution in [3.05, 3.63) is 58.1 Å². The minimum atomic E-state index is -0.0754. The van der Waals surface area contributed by atoms with E-state index in [1.807, 2.05) is 37.3 Å². The molecule has 4 nitrogen and oxygen atoms in total. The van der Waals surface area contributed by atoms with Crippen LogP contribution in [0.15, 0.2) is 46.9 Å². The van der Waals surface area contributed by atoms with Crippen LogP contribution >= 0.6 is 15.9 Å². The minimum absolute atomic E-state index is 0.0754. The van der Waals surface area contributed by atoms with Crippen molar-refractivity contribution in [3.8, 4) is 5.75 Å². The Labute approximate surface area is 132 Å². The minimum Gasteiger partial charge on any atom is -0.507 e. The summed E-state index contributed by atoms with van der Waals surface area (Å²) in [6, 6.07) is 12.7. The molecule has 0 spiro atoms. The average Bonchev–Trinajstić information content (AvgIpc) is 2.49. The lowest BCUT2D eigenvalue weighted by Crippen LogP contribution is -2.22. The predicted molar refractivity (Wildman–Crippen MR) is 87.6 cm³/mol. The molecule has 0 bridgehead atoms. The molecule has 110 valence electrons. The van der Waals surface area contributed by atoms with Crippen molar-refractivity contribution in [3.63, 3.8) is 0 Å². The number of hydrogen-bond donors (Lipinski definition) is 3. The Balaban J connectivity index is 2.04. The molecule has 3 N–H and O–H groups in total. The monoisotopic (exact) mass is 348 g/mol. The summed E-state index contributed by atoms with van der Waals surface area (Å²) in [5.74, 6) is 0.144. The van der Waals surface area contributed by atoms with Gasteiger partial charge in [0.2, 0.25) is 0 Å². The van der Waals surface area contributed by atoms with Crippen LogP contribution < -0.4 is 10.6 Å². The Bertz CT molecular complexity index is 644. The van der Waals surface area contributed by atoms with Gasteiger partial charge in [0.1, 0.15) is 5.75 Å². The summed E-state index contributed by atoms with van der Waals surface area (Å²) in [7, 11) is 0. The lowest BCUT2D eigenvalue weighted by Gasteiger charge is -2.09. The standard InChI is InChI=1S/C16H17BrN2O2/c1-2-18-16(21)12-4-3-5-13(9-12)19-10-11-6-7-15(20)14(17)8-11/h3-9,19-20H,2,10H2,1H3,(H,18,21). The van der Waals surface area contributed by atoms with Gasteiger partial charge in [-0.15, -0.1) is 0 Å². The molecular weight excluding hydrogens is 332 g/mol. The van der Waals surface area contributed by atoms with E-state index in [0.717, 1.165) is 11.3 Å². The Kier molecular flexibility index (Phi) is 5.22. The molecule has 0 aliphatic carbocycles. The lowest BCUT2D eigenvalue weighted by atomic mass is 10.1. The number of carbonyl (C=O) groups is 1. The van der Waals surface area contributed by atoms with Crippen LogP contribution in [0.25, 0.3) is 0 Å². The van der Waals surface area contributed by atoms with Crippen molar-refractivity contribution in [2.45, 2.75) is 13.5 Å². The maximum absolute atomic E-state index is 11.8. The molecule has 0 radical (unpaired) electrons. The molecular formula is C16H17BrN2O2. The van der Waals surface area contributed by atoms with Crippen LogP contribution in [0, 0.1) is 0 Å².